The SMILES string of the molecule is c1ccc(Oc2nc(-c3ccccc3)cs2)cc1. The molecule has 18 heavy (non-hydrogen) atoms. The topological polar surface area (TPSA) is 22.1 Å². The Morgan fingerprint density at radius 2 is 1.50 bits per heavy atom. The number of benzene rings is 2. The molecule has 2 nitrogen and oxygen atoms in total. The normalized spacial score (nSPS) is 10.2. The third kappa shape index (κ3) is 2.41. The highest BCUT2D eigenvalue weighted by Gasteiger charge is 2.05. The van der Waals surface area contributed by atoms with Gasteiger partial charge in [0.1, 0.15) is 5.75 Å². The highest BCUT2D eigenvalue weighted by molar-refractivity contribution is 7.11. The van der Waals surface area contributed by atoms with Crippen molar-refractivity contribution in [1.82, 2.24) is 4.98 Å². The van der Waals surface area contributed by atoms with Gasteiger partial charge in [-0.3, -0.25) is 0 Å². The molecule has 0 atom stereocenters. The van der Waals surface area contributed by atoms with Gasteiger partial charge in [0.15, 0.2) is 0 Å². The molecule has 0 saturated carbocycles. The van der Waals surface area contributed by atoms with Crippen molar-refractivity contribution < 1.29 is 4.74 Å². The Kier molecular flexibility index (Phi) is 3.07. The van der Waals surface area contributed by atoms with Crippen molar-refractivity contribution in [3.63, 3.8) is 0 Å². The van der Waals surface area contributed by atoms with Crippen LogP contribution in [0.15, 0.2) is 66.0 Å². The summed E-state index contributed by atoms with van der Waals surface area (Å²) in [6, 6.07) is 19.8. The van der Waals surface area contributed by atoms with Gasteiger partial charge in [0.25, 0.3) is 5.19 Å². The van der Waals surface area contributed by atoms with Crippen LogP contribution in [0.2, 0.25) is 0 Å². The Labute approximate surface area is 110 Å². The van der Waals surface area contributed by atoms with Gasteiger partial charge in [-0.25, -0.2) is 4.98 Å². The van der Waals surface area contributed by atoms with Crippen molar-refractivity contribution in [1.29, 1.82) is 0 Å². The van der Waals surface area contributed by atoms with Crippen molar-refractivity contribution in [2.75, 3.05) is 0 Å². The standard InChI is InChI=1S/C15H11NOS/c1-3-7-12(8-4-1)14-11-18-15(16-14)17-13-9-5-2-6-10-13/h1-11H. The van der Waals surface area contributed by atoms with E-state index in [4.69, 9.17) is 4.74 Å². The molecule has 88 valence electrons. The lowest BCUT2D eigenvalue weighted by molar-refractivity contribution is 0.479. The Bertz CT molecular complexity index is 619. The highest BCUT2D eigenvalue weighted by Crippen LogP contribution is 2.29. The van der Waals surface area contributed by atoms with E-state index in [0.717, 1.165) is 17.0 Å². The fraction of sp³-hybridized carbons (Fsp3) is 0. The molecule has 0 unspecified atom stereocenters. The minimum absolute atomic E-state index is 0.667. The Morgan fingerprint density at radius 1 is 0.833 bits per heavy atom. The van der Waals surface area contributed by atoms with Crippen molar-refractivity contribution in [3.05, 3.63) is 66.0 Å². The van der Waals surface area contributed by atoms with E-state index in [1.165, 1.54) is 11.3 Å². The van der Waals surface area contributed by atoms with Crippen LogP contribution in [0.4, 0.5) is 0 Å². The molecule has 3 heteroatoms. The maximum Gasteiger partial charge on any atom is 0.279 e. The number of rotatable bonds is 3. The molecule has 0 saturated heterocycles. The van der Waals surface area contributed by atoms with Gasteiger partial charge in [0.05, 0.1) is 5.69 Å². The second-order valence-corrected chi connectivity index (χ2v) is 4.60. The maximum atomic E-state index is 5.69. The number of nitrogens with zero attached hydrogens (tertiary/aromatic N) is 1. The fourth-order valence-electron chi connectivity index (χ4n) is 1.64. The fourth-order valence-corrected chi connectivity index (χ4v) is 2.33. The van der Waals surface area contributed by atoms with E-state index in [1.807, 2.05) is 66.0 Å². The zero-order valence-electron chi connectivity index (χ0n) is 9.61. The highest BCUT2D eigenvalue weighted by atomic mass is 32.1. The van der Waals surface area contributed by atoms with Crippen LogP contribution in [-0.4, -0.2) is 4.98 Å². The van der Waals surface area contributed by atoms with Gasteiger partial charge in [0.2, 0.25) is 0 Å². The molecule has 1 aromatic heterocycles. The summed E-state index contributed by atoms with van der Waals surface area (Å²) < 4.78 is 5.69. The first-order valence-electron chi connectivity index (χ1n) is 5.66. The Hall–Kier alpha value is -2.13. The molecule has 2 aromatic carbocycles. The molecule has 0 aliphatic heterocycles. The van der Waals surface area contributed by atoms with Gasteiger partial charge in [0, 0.05) is 10.9 Å². The molecule has 0 spiro atoms. The molecule has 1 heterocycles. The van der Waals surface area contributed by atoms with E-state index in [2.05, 4.69) is 4.98 Å². The van der Waals surface area contributed by atoms with Gasteiger partial charge in [-0.05, 0) is 12.1 Å². The number of aromatic nitrogens is 1. The molecule has 0 N–H and O–H groups in total. The maximum absolute atomic E-state index is 5.69. The number of thiazole rings is 1. The molecular formula is C15H11NOS. The number of ether oxygens (including phenoxy) is 1. The summed E-state index contributed by atoms with van der Waals surface area (Å²) in [6.07, 6.45) is 0. The molecule has 0 radical (unpaired) electrons. The van der Waals surface area contributed by atoms with Gasteiger partial charge >= 0.3 is 0 Å². The summed E-state index contributed by atoms with van der Waals surface area (Å²) in [5.41, 5.74) is 2.06. The van der Waals surface area contributed by atoms with Crippen LogP contribution in [0, 0.1) is 0 Å². The van der Waals surface area contributed by atoms with Crippen LogP contribution in [0.1, 0.15) is 0 Å². The molecule has 0 bridgehead atoms. The summed E-state index contributed by atoms with van der Waals surface area (Å²) in [4.78, 5) is 4.47. The minimum atomic E-state index is 0.667. The van der Waals surface area contributed by atoms with Crippen LogP contribution in [-0.2, 0) is 0 Å². The van der Waals surface area contributed by atoms with Crippen LogP contribution in [0.3, 0.4) is 0 Å². The monoisotopic (exact) mass is 253 g/mol. The quantitative estimate of drug-likeness (QED) is 0.680. The molecular weight excluding hydrogens is 242 g/mol. The van der Waals surface area contributed by atoms with E-state index in [9.17, 15) is 0 Å². The predicted molar refractivity (Wildman–Crippen MR) is 74.1 cm³/mol. The van der Waals surface area contributed by atoms with Crippen molar-refractivity contribution in [2.24, 2.45) is 0 Å². The van der Waals surface area contributed by atoms with Crippen molar-refractivity contribution >= 4 is 11.3 Å². The van der Waals surface area contributed by atoms with Crippen LogP contribution >= 0.6 is 11.3 Å². The van der Waals surface area contributed by atoms with E-state index >= 15 is 0 Å². The summed E-state index contributed by atoms with van der Waals surface area (Å²) in [5.74, 6) is 0.812. The second kappa shape index (κ2) is 5.02. The van der Waals surface area contributed by atoms with Crippen LogP contribution in [0.25, 0.3) is 11.3 Å². The third-order valence-corrected chi connectivity index (χ3v) is 3.22. The van der Waals surface area contributed by atoms with Gasteiger partial charge in [-0.1, -0.05) is 59.9 Å². The van der Waals surface area contributed by atoms with Crippen LogP contribution in [0.5, 0.6) is 10.9 Å². The molecule has 3 rings (SSSR count). The zero-order valence-corrected chi connectivity index (χ0v) is 10.4. The first-order valence-corrected chi connectivity index (χ1v) is 6.53. The zero-order chi connectivity index (χ0) is 12.2. The van der Waals surface area contributed by atoms with E-state index < -0.39 is 0 Å². The van der Waals surface area contributed by atoms with E-state index in [0.29, 0.717) is 5.19 Å². The van der Waals surface area contributed by atoms with Gasteiger partial charge in [-0.2, -0.15) is 0 Å². The molecule has 3 aromatic rings. The summed E-state index contributed by atoms with van der Waals surface area (Å²) in [6.45, 7) is 0. The smallest absolute Gasteiger partial charge is 0.279 e. The Balaban J connectivity index is 1.82. The lowest BCUT2D eigenvalue weighted by atomic mass is 10.2. The van der Waals surface area contributed by atoms with Gasteiger partial charge < -0.3 is 4.74 Å². The predicted octanol–water partition coefficient (Wildman–Crippen LogP) is 4.60. The molecule has 0 fully saturated rings. The average Bonchev–Trinajstić information content (AvgIpc) is 2.89. The molecule has 0 amide bonds. The second-order valence-electron chi connectivity index (χ2n) is 3.78. The number of hydrogen-bond donors (Lipinski definition) is 0. The third-order valence-electron chi connectivity index (χ3n) is 2.50. The van der Waals surface area contributed by atoms with Crippen LogP contribution < -0.4 is 4.74 Å². The molecule has 0 aliphatic rings. The minimum Gasteiger partial charge on any atom is -0.431 e. The van der Waals surface area contributed by atoms with Crippen molar-refractivity contribution in [2.45, 2.75) is 0 Å². The molecule has 0 aliphatic carbocycles. The van der Waals surface area contributed by atoms with Crippen molar-refractivity contribution in [3.8, 4) is 22.2 Å². The summed E-state index contributed by atoms with van der Waals surface area (Å²) in [5, 5.41) is 2.67. The first kappa shape index (κ1) is 11.0. The lowest BCUT2D eigenvalue weighted by Gasteiger charge is -1.99. The Morgan fingerprint density at radius 3 is 2.22 bits per heavy atom. The summed E-state index contributed by atoms with van der Waals surface area (Å²) in [7, 11) is 0. The number of para-hydroxylation sites is 1. The largest absolute Gasteiger partial charge is 0.431 e. The first-order chi connectivity index (χ1) is 8.92. The summed E-state index contributed by atoms with van der Waals surface area (Å²) >= 11 is 1.51. The van der Waals surface area contributed by atoms with E-state index in [1.54, 1.807) is 0 Å². The lowest BCUT2D eigenvalue weighted by Crippen LogP contribution is -1.82. The van der Waals surface area contributed by atoms with E-state index in [-0.39, 0.29) is 0 Å². The average molecular weight is 253 g/mol. The van der Waals surface area contributed by atoms with Gasteiger partial charge in [-0.15, -0.1) is 0 Å². The number of hydrogen-bond acceptors (Lipinski definition) is 3.